The van der Waals surface area contributed by atoms with E-state index in [1.807, 2.05) is 6.92 Å². The Morgan fingerprint density at radius 2 is 2.06 bits per heavy atom. The maximum atomic E-state index is 11.7. The van der Waals surface area contributed by atoms with Crippen molar-refractivity contribution in [2.45, 2.75) is 19.4 Å². The van der Waals surface area contributed by atoms with Crippen LogP contribution >= 0.6 is 23.2 Å². The van der Waals surface area contributed by atoms with E-state index in [4.69, 9.17) is 29.6 Å². The molecule has 0 heterocycles. The highest BCUT2D eigenvalue weighted by atomic mass is 35.5. The fourth-order valence-corrected chi connectivity index (χ4v) is 1.83. The summed E-state index contributed by atoms with van der Waals surface area (Å²) in [5.74, 6) is 2.31. The van der Waals surface area contributed by atoms with Crippen LogP contribution in [0, 0.1) is 12.3 Å². The molecular formula is C13H14Cl2N2O. The first kappa shape index (κ1) is 14.8. The standard InChI is InChI=1S/C13H14Cl2N2O/c1-3-9(4-2)16-8-12(18)17-13-10(14)6-5-7-11(13)15/h1,5-7,9,16H,4,8H2,2H3,(H,17,18). The minimum absolute atomic E-state index is 0.113. The molecule has 1 aromatic carbocycles. The van der Waals surface area contributed by atoms with Gasteiger partial charge in [0.2, 0.25) is 5.91 Å². The molecule has 5 heteroatoms. The minimum Gasteiger partial charge on any atom is -0.322 e. The largest absolute Gasteiger partial charge is 0.322 e. The molecule has 0 aromatic heterocycles. The van der Waals surface area contributed by atoms with Gasteiger partial charge in [-0.15, -0.1) is 6.42 Å². The Hall–Kier alpha value is -1.21. The molecule has 0 bridgehead atoms. The van der Waals surface area contributed by atoms with E-state index in [2.05, 4.69) is 16.6 Å². The molecule has 0 aliphatic rings. The van der Waals surface area contributed by atoms with E-state index >= 15 is 0 Å². The van der Waals surface area contributed by atoms with E-state index in [9.17, 15) is 4.79 Å². The summed E-state index contributed by atoms with van der Waals surface area (Å²) >= 11 is 11.9. The van der Waals surface area contributed by atoms with Gasteiger partial charge in [0, 0.05) is 0 Å². The van der Waals surface area contributed by atoms with Crippen LogP contribution in [-0.2, 0) is 4.79 Å². The quantitative estimate of drug-likeness (QED) is 0.817. The number of para-hydroxylation sites is 1. The Bertz CT molecular complexity index is 448. The topological polar surface area (TPSA) is 41.1 Å². The maximum absolute atomic E-state index is 11.7. The van der Waals surface area contributed by atoms with Gasteiger partial charge in [0.1, 0.15) is 0 Å². The average molecular weight is 285 g/mol. The minimum atomic E-state index is -0.237. The van der Waals surface area contributed by atoms with E-state index in [0.29, 0.717) is 15.7 Å². The summed E-state index contributed by atoms with van der Waals surface area (Å²) in [5, 5.41) is 6.40. The highest BCUT2D eigenvalue weighted by Gasteiger charge is 2.10. The Labute approximate surface area is 117 Å². The molecule has 1 aromatic rings. The first-order chi connectivity index (χ1) is 8.58. The first-order valence-corrected chi connectivity index (χ1v) is 6.27. The number of benzene rings is 1. The van der Waals surface area contributed by atoms with Gasteiger partial charge in [-0.25, -0.2) is 0 Å². The van der Waals surface area contributed by atoms with Gasteiger partial charge in [0.25, 0.3) is 0 Å². The molecule has 0 spiro atoms. The van der Waals surface area contributed by atoms with E-state index in [1.54, 1.807) is 18.2 Å². The van der Waals surface area contributed by atoms with Gasteiger partial charge in [-0.05, 0) is 18.6 Å². The number of hydrogen-bond donors (Lipinski definition) is 2. The van der Waals surface area contributed by atoms with Crippen LogP contribution in [0.3, 0.4) is 0 Å². The molecule has 0 radical (unpaired) electrons. The molecule has 1 unspecified atom stereocenters. The SMILES string of the molecule is C#CC(CC)NCC(=O)Nc1c(Cl)cccc1Cl. The molecule has 2 N–H and O–H groups in total. The van der Waals surface area contributed by atoms with Crippen molar-refractivity contribution in [3.8, 4) is 12.3 Å². The lowest BCUT2D eigenvalue weighted by Crippen LogP contribution is -2.35. The van der Waals surface area contributed by atoms with Crippen LogP contribution < -0.4 is 10.6 Å². The van der Waals surface area contributed by atoms with Crippen molar-refractivity contribution in [2.75, 3.05) is 11.9 Å². The second-order valence-corrected chi connectivity index (χ2v) is 4.47. The fraction of sp³-hybridized carbons (Fsp3) is 0.308. The van der Waals surface area contributed by atoms with Crippen LogP contribution in [0.1, 0.15) is 13.3 Å². The number of anilines is 1. The lowest BCUT2D eigenvalue weighted by Gasteiger charge is -2.12. The van der Waals surface area contributed by atoms with Crippen molar-refractivity contribution in [2.24, 2.45) is 0 Å². The fourth-order valence-electron chi connectivity index (χ4n) is 1.34. The summed E-state index contributed by atoms with van der Waals surface area (Å²) in [7, 11) is 0. The normalized spacial score (nSPS) is 11.7. The highest BCUT2D eigenvalue weighted by molar-refractivity contribution is 6.39. The molecule has 0 fully saturated rings. The van der Waals surface area contributed by atoms with E-state index in [-0.39, 0.29) is 18.5 Å². The monoisotopic (exact) mass is 284 g/mol. The second-order valence-electron chi connectivity index (χ2n) is 3.65. The van der Waals surface area contributed by atoms with Gasteiger partial charge >= 0.3 is 0 Å². The van der Waals surface area contributed by atoms with Crippen LogP contribution in [0.25, 0.3) is 0 Å². The highest BCUT2D eigenvalue weighted by Crippen LogP contribution is 2.29. The summed E-state index contributed by atoms with van der Waals surface area (Å²) in [4.78, 5) is 11.7. The van der Waals surface area contributed by atoms with Crippen molar-refractivity contribution in [1.82, 2.24) is 5.32 Å². The number of amides is 1. The Morgan fingerprint density at radius 3 is 2.56 bits per heavy atom. The first-order valence-electron chi connectivity index (χ1n) is 5.51. The number of terminal acetylenes is 1. The van der Waals surface area contributed by atoms with Crippen LogP contribution in [0.4, 0.5) is 5.69 Å². The Kier molecular flexibility index (Phi) is 6.00. The van der Waals surface area contributed by atoms with Crippen molar-refractivity contribution < 1.29 is 4.79 Å². The molecular weight excluding hydrogens is 271 g/mol. The van der Waals surface area contributed by atoms with Crippen molar-refractivity contribution in [3.05, 3.63) is 28.2 Å². The molecule has 1 amide bonds. The number of carbonyl (C=O) groups is 1. The van der Waals surface area contributed by atoms with Crippen LogP contribution in [0.2, 0.25) is 10.0 Å². The summed E-state index contributed by atoms with van der Waals surface area (Å²) in [6.45, 7) is 2.06. The molecule has 0 saturated heterocycles. The van der Waals surface area contributed by atoms with Gasteiger partial charge in [-0.1, -0.05) is 42.1 Å². The third-order valence-electron chi connectivity index (χ3n) is 2.35. The van der Waals surface area contributed by atoms with Gasteiger partial charge in [-0.2, -0.15) is 0 Å². The average Bonchev–Trinajstić information content (AvgIpc) is 2.35. The van der Waals surface area contributed by atoms with Crippen LogP contribution in [0.5, 0.6) is 0 Å². The van der Waals surface area contributed by atoms with Crippen molar-refractivity contribution in [1.29, 1.82) is 0 Å². The summed E-state index contributed by atoms with van der Waals surface area (Å²) < 4.78 is 0. The van der Waals surface area contributed by atoms with E-state index in [1.165, 1.54) is 0 Å². The lowest BCUT2D eigenvalue weighted by atomic mass is 10.2. The molecule has 1 rings (SSSR count). The Morgan fingerprint density at radius 1 is 1.44 bits per heavy atom. The molecule has 0 saturated carbocycles. The molecule has 1 atom stereocenters. The smallest absolute Gasteiger partial charge is 0.238 e. The number of halogens is 2. The summed E-state index contributed by atoms with van der Waals surface area (Å²) in [6, 6.07) is 4.92. The van der Waals surface area contributed by atoms with Gasteiger partial charge in [-0.3, -0.25) is 10.1 Å². The number of hydrogen-bond acceptors (Lipinski definition) is 2. The third kappa shape index (κ3) is 4.23. The molecule has 18 heavy (non-hydrogen) atoms. The van der Waals surface area contributed by atoms with E-state index < -0.39 is 0 Å². The van der Waals surface area contributed by atoms with Crippen LogP contribution in [-0.4, -0.2) is 18.5 Å². The molecule has 0 aliphatic heterocycles. The molecule has 96 valence electrons. The zero-order valence-corrected chi connectivity index (χ0v) is 11.5. The number of carbonyl (C=O) groups excluding carboxylic acids is 1. The van der Waals surface area contributed by atoms with Crippen molar-refractivity contribution >= 4 is 34.8 Å². The van der Waals surface area contributed by atoms with Crippen molar-refractivity contribution in [3.63, 3.8) is 0 Å². The van der Waals surface area contributed by atoms with E-state index in [0.717, 1.165) is 6.42 Å². The van der Waals surface area contributed by atoms with Gasteiger partial charge < -0.3 is 5.32 Å². The number of rotatable bonds is 5. The summed E-state index contributed by atoms with van der Waals surface area (Å²) in [5.41, 5.74) is 0.418. The van der Waals surface area contributed by atoms with Gasteiger partial charge in [0.15, 0.2) is 0 Å². The second kappa shape index (κ2) is 7.27. The molecule has 0 aliphatic carbocycles. The third-order valence-corrected chi connectivity index (χ3v) is 2.98. The Balaban J connectivity index is 2.58. The number of nitrogens with one attached hydrogen (secondary N) is 2. The predicted molar refractivity (Wildman–Crippen MR) is 76.0 cm³/mol. The zero-order valence-electron chi connectivity index (χ0n) is 9.97. The lowest BCUT2D eigenvalue weighted by molar-refractivity contribution is -0.115. The van der Waals surface area contributed by atoms with Crippen LogP contribution in [0.15, 0.2) is 18.2 Å². The molecule has 3 nitrogen and oxygen atoms in total. The summed E-state index contributed by atoms with van der Waals surface area (Å²) in [6.07, 6.45) is 6.04. The predicted octanol–water partition coefficient (Wildman–Crippen LogP) is 2.93. The van der Waals surface area contributed by atoms with Gasteiger partial charge in [0.05, 0.1) is 28.3 Å². The zero-order chi connectivity index (χ0) is 13.5. The maximum Gasteiger partial charge on any atom is 0.238 e.